The Balaban J connectivity index is 1.13. The van der Waals surface area contributed by atoms with E-state index in [-0.39, 0.29) is 29.5 Å². The Morgan fingerprint density at radius 2 is 2.00 bits per heavy atom. The maximum absolute atomic E-state index is 13.6. The zero-order chi connectivity index (χ0) is 23.7. The van der Waals surface area contributed by atoms with Crippen LogP contribution in [0.3, 0.4) is 0 Å². The largest absolute Gasteiger partial charge is 0.489 e. The van der Waals surface area contributed by atoms with E-state index in [4.69, 9.17) is 27.9 Å². The van der Waals surface area contributed by atoms with Gasteiger partial charge < -0.3 is 10.1 Å². The summed E-state index contributed by atoms with van der Waals surface area (Å²) in [5, 5.41) is 8.73. The first-order chi connectivity index (χ1) is 16.4. The van der Waals surface area contributed by atoms with Crippen molar-refractivity contribution in [3.05, 3.63) is 70.2 Å². The van der Waals surface area contributed by atoms with Gasteiger partial charge in [0.2, 0.25) is 5.91 Å². The van der Waals surface area contributed by atoms with Crippen molar-refractivity contribution in [1.29, 1.82) is 0 Å². The minimum absolute atomic E-state index is 0.00774. The van der Waals surface area contributed by atoms with Crippen molar-refractivity contribution in [2.24, 2.45) is 5.92 Å². The molecule has 1 N–H and O–H groups in total. The highest BCUT2D eigenvalue weighted by molar-refractivity contribution is 7.22. The van der Waals surface area contributed by atoms with E-state index in [0.29, 0.717) is 15.9 Å². The highest BCUT2D eigenvalue weighted by atomic mass is 35.5. The molecular formula is C24H21Cl2FN4O2S. The van der Waals surface area contributed by atoms with Crippen LogP contribution in [0.2, 0.25) is 10.0 Å². The molecule has 1 fully saturated rings. The van der Waals surface area contributed by atoms with Crippen LogP contribution in [0.4, 0.5) is 9.52 Å². The number of fused-ring (bicyclic) bond motifs is 1. The molecule has 5 rings (SSSR count). The molecule has 1 amide bonds. The molecular weight excluding hydrogens is 498 g/mol. The molecule has 0 aliphatic heterocycles. The van der Waals surface area contributed by atoms with Gasteiger partial charge in [0.05, 0.1) is 27.5 Å². The highest BCUT2D eigenvalue weighted by Crippen LogP contribution is 2.34. The molecule has 0 spiro atoms. The number of ether oxygens (including phenoxy) is 1. The first kappa shape index (κ1) is 23.1. The highest BCUT2D eigenvalue weighted by Gasteiger charge is 2.28. The number of rotatable bonds is 6. The van der Waals surface area contributed by atoms with Crippen LogP contribution in [0.25, 0.3) is 10.2 Å². The zero-order valence-corrected chi connectivity index (χ0v) is 20.3. The van der Waals surface area contributed by atoms with Crippen molar-refractivity contribution in [2.75, 3.05) is 5.32 Å². The average Bonchev–Trinajstić information content (AvgIpc) is 3.46. The Morgan fingerprint density at radius 3 is 2.79 bits per heavy atom. The Hall–Kier alpha value is -2.68. The van der Waals surface area contributed by atoms with Gasteiger partial charge in [-0.15, -0.1) is 0 Å². The van der Waals surface area contributed by atoms with Gasteiger partial charge in [-0.1, -0.05) is 34.5 Å². The van der Waals surface area contributed by atoms with Crippen LogP contribution in [-0.4, -0.2) is 20.7 Å². The molecule has 0 bridgehead atoms. The summed E-state index contributed by atoms with van der Waals surface area (Å²) in [6, 6.07) is 10.1. The van der Waals surface area contributed by atoms with Gasteiger partial charge in [0, 0.05) is 28.8 Å². The number of aromatic nitrogens is 3. The fourth-order valence-corrected chi connectivity index (χ4v) is 5.28. The topological polar surface area (TPSA) is 69.0 Å². The van der Waals surface area contributed by atoms with Gasteiger partial charge in [-0.3, -0.25) is 9.48 Å². The van der Waals surface area contributed by atoms with E-state index in [0.717, 1.165) is 41.5 Å². The number of nitrogens with zero attached hydrogens (tertiary/aromatic N) is 3. The number of hydrogen-bond donors (Lipinski definition) is 1. The standard InChI is InChI=1S/C24H21Cl2FN4O2S/c25-16-3-8-22-21(9-16)29-24(34-22)30-23(32)15-1-4-17(5-2-15)31-12-14(11-28-31)13-33-18-6-7-19(26)20(27)10-18/h3,6-12,15,17H,1-2,4-5,13H2,(H,29,30,32). The average molecular weight is 519 g/mol. The number of halogens is 3. The van der Waals surface area contributed by atoms with Gasteiger partial charge in [-0.25, -0.2) is 9.37 Å². The Morgan fingerprint density at radius 1 is 1.18 bits per heavy atom. The summed E-state index contributed by atoms with van der Waals surface area (Å²) >= 11 is 13.2. The summed E-state index contributed by atoms with van der Waals surface area (Å²) in [5.41, 5.74) is 1.68. The lowest BCUT2D eigenvalue weighted by Gasteiger charge is -2.27. The summed E-state index contributed by atoms with van der Waals surface area (Å²) in [6.07, 6.45) is 6.98. The molecule has 0 unspecified atom stereocenters. The third-order valence-electron chi connectivity index (χ3n) is 5.97. The first-order valence-corrected chi connectivity index (χ1v) is 12.5. The molecule has 0 radical (unpaired) electrons. The maximum atomic E-state index is 13.6. The van der Waals surface area contributed by atoms with E-state index in [1.54, 1.807) is 18.3 Å². The smallest absolute Gasteiger partial charge is 0.229 e. The van der Waals surface area contributed by atoms with Gasteiger partial charge in [0.15, 0.2) is 5.13 Å². The van der Waals surface area contributed by atoms with E-state index in [1.807, 2.05) is 23.0 Å². The number of nitrogens with one attached hydrogen (secondary N) is 1. The number of benzene rings is 2. The molecule has 1 aliphatic carbocycles. The quantitative estimate of drug-likeness (QED) is 0.301. The number of anilines is 1. The molecule has 6 nitrogen and oxygen atoms in total. The summed E-state index contributed by atoms with van der Waals surface area (Å²) in [5.74, 6) is -0.140. The lowest BCUT2D eigenvalue weighted by molar-refractivity contribution is -0.121. The molecule has 176 valence electrons. The van der Waals surface area contributed by atoms with Crippen molar-refractivity contribution in [1.82, 2.24) is 14.8 Å². The van der Waals surface area contributed by atoms with Crippen molar-refractivity contribution in [3.63, 3.8) is 0 Å². The monoisotopic (exact) mass is 518 g/mol. The zero-order valence-electron chi connectivity index (χ0n) is 18.0. The Labute approximate surface area is 209 Å². The molecule has 2 aromatic carbocycles. The van der Waals surface area contributed by atoms with Gasteiger partial charge >= 0.3 is 0 Å². The third kappa shape index (κ3) is 5.19. The van der Waals surface area contributed by atoms with Crippen LogP contribution < -0.4 is 10.1 Å². The number of amides is 1. The third-order valence-corrected chi connectivity index (χ3v) is 7.47. The van der Waals surface area contributed by atoms with Crippen molar-refractivity contribution >= 4 is 55.8 Å². The summed E-state index contributed by atoms with van der Waals surface area (Å²) < 4.78 is 22.1. The van der Waals surface area contributed by atoms with Gasteiger partial charge in [-0.05, 0) is 56.0 Å². The predicted molar refractivity (Wildman–Crippen MR) is 132 cm³/mol. The minimum atomic E-state index is -0.511. The maximum Gasteiger partial charge on any atom is 0.229 e. The molecule has 34 heavy (non-hydrogen) atoms. The summed E-state index contributed by atoms with van der Waals surface area (Å²) in [7, 11) is 0. The fraction of sp³-hybridized carbons (Fsp3) is 0.292. The molecule has 1 aliphatic rings. The first-order valence-electron chi connectivity index (χ1n) is 10.9. The number of thiazole rings is 1. The Bertz CT molecular complexity index is 1330. The lowest BCUT2D eigenvalue weighted by Crippen LogP contribution is -2.28. The van der Waals surface area contributed by atoms with E-state index in [2.05, 4.69) is 15.4 Å². The molecule has 0 saturated heterocycles. The van der Waals surface area contributed by atoms with Crippen molar-refractivity contribution in [2.45, 2.75) is 38.3 Å². The van der Waals surface area contributed by atoms with Gasteiger partial charge in [-0.2, -0.15) is 5.10 Å². The number of carbonyl (C=O) groups is 1. The van der Waals surface area contributed by atoms with E-state index in [9.17, 15) is 9.18 Å². The van der Waals surface area contributed by atoms with Crippen LogP contribution in [0, 0.1) is 11.7 Å². The van der Waals surface area contributed by atoms with Crippen LogP contribution >= 0.6 is 34.5 Å². The SMILES string of the molecule is O=C(Nc1nc2cc(Cl)ccc2s1)C1CCC(n2cc(COc3ccc(Cl)c(F)c3)cn2)CC1. The van der Waals surface area contributed by atoms with Crippen LogP contribution in [0.15, 0.2) is 48.8 Å². The normalized spacial score (nSPS) is 18.2. The number of hydrogen-bond acceptors (Lipinski definition) is 5. The van der Waals surface area contributed by atoms with E-state index < -0.39 is 5.82 Å². The van der Waals surface area contributed by atoms with Crippen LogP contribution in [0.1, 0.15) is 37.3 Å². The van der Waals surface area contributed by atoms with Gasteiger partial charge in [0.25, 0.3) is 0 Å². The molecule has 2 heterocycles. The van der Waals surface area contributed by atoms with Crippen molar-refractivity contribution in [3.8, 4) is 5.75 Å². The molecule has 10 heteroatoms. The molecule has 2 aromatic heterocycles. The fourth-order valence-electron chi connectivity index (χ4n) is 4.15. The van der Waals surface area contributed by atoms with Crippen molar-refractivity contribution < 1.29 is 13.9 Å². The van der Waals surface area contributed by atoms with E-state index >= 15 is 0 Å². The lowest BCUT2D eigenvalue weighted by atomic mass is 9.85. The summed E-state index contributed by atoms with van der Waals surface area (Å²) in [6.45, 7) is 0.284. The predicted octanol–water partition coefficient (Wildman–Crippen LogP) is 6.89. The van der Waals surface area contributed by atoms with E-state index in [1.165, 1.54) is 23.5 Å². The molecule has 1 saturated carbocycles. The second kappa shape index (κ2) is 9.90. The van der Waals surface area contributed by atoms with Crippen LogP contribution in [-0.2, 0) is 11.4 Å². The van der Waals surface area contributed by atoms with Gasteiger partial charge in [0.1, 0.15) is 18.2 Å². The summed E-state index contributed by atoms with van der Waals surface area (Å²) in [4.78, 5) is 17.2. The van der Waals surface area contributed by atoms with Crippen LogP contribution in [0.5, 0.6) is 5.75 Å². The second-order valence-electron chi connectivity index (χ2n) is 8.32. The second-order valence-corrected chi connectivity index (χ2v) is 10.2. The minimum Gasteiger partial charge on any atom is -0.489 e. The molecule has 0 atom stereocenters. The number of carbonyl (C=O) groups excluding carboxylic acids is 1. The molecule has 4 aromatic rings. The Kier molecular flexibility index (Phi) is 6.72.